The zero-order valence-corrected chi connectivity index (χ0v) is 15.6. The van der Waals surface area contributed by atoms with Crippen molar-refractivity contribution in [3.05, 3.63) is 59.9 Å². The average molecular weight is 419 g/mol. The minimum absolute atomic E-state index is 0.140. The number of benzene rings is 2. The third-order valence-electron chi connectivity index (χ3n) is 4.00. The molecule has 0 aliphatic rings. The quantitative estimate of drug-likeness (QED) is 0.537. The van der Waals surface area contributed by atoms with E-state index in [2.05, 4.69) is 20.6 Å². The summed E-state index contributed by atoms with van der Waals surface area (Å²) >= 11 is 1.23. The van der Waals surface area contributed by atoms with Gasteiger partial charge in [-0.1, -0.05) is 28.7 Å². The van der Waals surface area contributed by atoms with Crippen LogP contribution < -0.4 is 10.1 Å². The first-order valence-corrected chi connectivity index (χ1v) is 9.01. The van der Waals surface area contributed by atoms with Gasteiger partial charge >= 0.3 is 6.18 Å². The van der Waals surface area contributed by atoms with Gasteiger partial charge in [-0.15, -0.1) is 5.10 Å². The number of fused-ring (bicyclic) bond motifs is 1. The van der Waals surface area contributed by atoms with Crippen LogP contribution in [0.25, 0.3) is 15.9 Å². The second kappa shape index (κ2) is 7.17. The number of aromatic nitrogens is 4. The van der Waals surface area contributed by atoms with Crippen molar-refractivity contribution in [3.8, 4) is 11.4 Å². The molecule has 0 spiro atoms. The standard InChI is InChI=1S/C18H12F3N5O2S/c1-28-10-6-7-12-15(8-10)29-17(22-12)23-16(27)13-9-26(25-24-13)14-5-3-2-4-11(14)18(19,20)21/h2-9H,1H3,(H,22,23,27). The van der Waals surface area contributed by atoms with Crippen LogP contribution in [-0.2, 0) is 6.18 Å². The van der Waals surface area contributed by atoms with Gasteiger partial charge in [-0.05, 0) is 30.3 Å². The molecule has 11 heteroatoms. The largest absolute Gasteiger partial charge is 0.497 e. The molecule has 2 aromatic carbocycles. The number of nitrogens with one attached hydrogen (secondary N) is 1. The summed E-state index contributed by atoms with van der Waals surface area (Å²) in [5.41, 5.74) is -0.566. The number of ether oxygens (including phenoxy) is 1. The topological polar surface area (TPSA) is 81.9 Å². The summed E-state index contributed by atoms with van der Waals surface area (Å²) in [4.78, 5) is 16.7. The molecule has 0 unspecified atom stereocenters. The Balaban J connectivity index is 1.58. The maximum absolute atomic E-state index is 13.2. The molecule has 4 aromatic rings. The lowest BCUT2D eigenvalue weighted by atomic mass is 10.1. The van der Waals surface area contributed by atoms with Crippen LogP contribution in [0.2, 0.25) is 0 Å². The zero-order valence-electron chi connectivity index (χ0n) is 14.8. The Morgan fingerprint density at radius 3 is 2.76 bits per heavy atom. The van der Waals surface area contributed by atoms with E-state index in [0.717, 1.165) is 21.6 Å². The molecule has 7 nitrogen and oxygen atoms in total. The molecule has 0 aliphatic heterocycles. The molecule has 2 aromatic heterocycles. The molecule has 0 saturated carbocycles. The van der Waals surface area contributed by atoms with E-state index in [1.807, 2.05) is 0 Å². The van der Waals surface area contributed by atoms with Gasteiger partial charge in [0, 0.05) is 0 Å². The zero-order chi connectivity index (χ0) is 20.6. The molecule has 1 N–H and O–H groups in total. The summed E-state index contributed by atoms with van der Waals surface area (Å²) in [7, 11) is 1.55. The second-order valence-corrected chi connectivity index (χ2v) is 6.90. The highest BCUT2D eigenvalue weighted by Gasteiger charge is 2.34. The number of carbonyl (C=O) groups is 1. The highest BCUT2D eigenvalue weighted by atomic mass is 32.1. The molecule has 2 heterocycles. The van der Waals surface area contributed by atoms with E-state index in [0.29, 0.717) is 16.4 Å². The van der Waals surface area contributed by atoms with Crippen LogP contribution in [0.1, 0.15) is 16.1 Å². The number of amides is 1. The van der Waals surface area contributed by atoms with Crippen molar-refractivity contribution in [1.29, 1.82) is 0 Å². The number of nitrogens with zero attached hydrogens (tertiary/aromatic N) is 4. The molecule has 148 valence electrons. The lowest BCUT2D eigenvalue weighted by molar-refractivity contribution is -0.137. The van der Waals surface area contributed by atoms with E-state index >= 15 is 0 Å². The highest BCUT2D eigenvalue weighted by molar-refractivity contribution is 7.22. The number of hydrogen-bond acceptors (Lipinski definition) is 6. The van der Waals surface area contributed by atoms with E-state index in [4.69, 9.17) is 4.74 Å². The van der Waals surface area contributed by atoms with Gasteiger partial charge in [0.15, 0.2) is 10.8 Å². The average Bonchev–Trinajstić information content (AvgIpc) is 3.33. The molecule has 29 heavy (non-hydrogen) atoms. The van der Waals surface area contributed by atoms with Gasteiger partial charge < -0.3 is 4.74 Å². The highest BCUT2D eigenvalue weighted by Crippen LogP contribution is 2.33. The van der Waals surface area contributed by atoms with Crippen LogP contribution in [0.4, 0.5) is 18.3 Å². The normalized spacial score (nSPS) is 11.6. The number of anilines is 1. The number of methoxy groups -OCH3 is 1. The predicted octanol–water partition coefficient (Wildman–Crippen LogP) is 4.16. The van der Waals surface area contributed by atoms with Gasteiger partial charge in [-0.25, -0.2) is 9.67 Å². The molecule has 1 amide bonds. The summed E-state index contributed by atoms with van der Waals surface area (Å²) in [5.74, 6) is 0.0251. The fraction of sp³-hybridized carbons (Fsp3) is 0.111. The molecule has 0 bridgehead atoms. The van der Waals surface area contributed by atoms with Crippen LogP contribution in [0.3, 0.4) is 0 Å². The lowest BCUT2D eigenvalue weighted by Gasteiger charge is -2.11. The Labute approximate surface area is 165 Å². The van der Waals surface area contributed by atoms with Crippen LogP contribution in [0.15, 0.2) is 48.7 Å². The van der Waals surface area contributed by atoms with Crippen LogP contribution in [0, 0.1) is 0 Å². The Morgan fingerprint density at radius 1 is 1.21 bits per heavy atom. The van der Waals surface area contributed by atoms with Crippen molar-refractivity contribution in [2.45, 2.75) is 6.18 Å². The van der Waals surface area contributed by atoms with Gasteiger partial charge in [0.2, 0.25) is 0 Å². The van der Waals surface area contributed by atoms with E-state index in [-0.39, 0.29) is 11.4 Å². The fourth-order valence-electron chi connectivity index (χ4n) is 2.65. The van der Waals surface area contributed by atoms with Gasteiger partial charge in [0.25, 0.3) is 5.91 Å². The third-order valence-corrected chi connectivity index (χ3v) is 4.93. The Morgan fingerprint density at radius 2 is 2.00 bits per heavy atom. The first-order valence-electron chi connectivity index (χ1n) is 8.20. The lowest BCUT2D eigenvalue weighted by Crippen LogP contribution is -2.12. The van der Waals surface area contributed by atoms with Crippen molar-refractivity contribution >= 4 is 32.6 Å². The van der Waals surface area contributed by atoms with Gasteiger partial charge in [-0.2, -0.15) is 13.2 Å². The SMILES string of the molecule is COc1ccc2nc(NC(=O)c3cn(-c4ccccc4C(F)(F)F)nn3)sc2c1. The smallest absolute Gasteiger partial charge is 0.418 e. The molecule has 0 atom stereocenters. The molecule has 0 radical (unpaired) electrons. The molecule has 4 rings (SSSR count). The molecule has 0 saturated heterocycles. The van der Waals surface area contributed by atoms with E-state index in [1.54, 1.807) is 25.3 Å². The number of hydrogen-bond donors (Lipinski definition) is 1. The minimum atomic E-state index is -4.56. The van der Waals surface area contributed by atoms with Crippen molar-refractivity contribution in [3.63, 3.8) is 0 Å². The maximum Gasteiger partial charge on any atom is 0.418 e. The van der Waals surface area contributed by atoms with Gasteiger partial charge in [0.1, 0.15) is 5.75 Å². The number of thiazole rings is 1. The van der Waals surface area contributed by atoms with E-state index < -0.39 is 17.6 Å². The fourth-order valence-corrected chi connectivity index (χ4v) is 3.53. The van der Waals surface area contributed by atoms with Crippen LogP contribution in [-0.4, -0.2) is 33.0 Å². The van der Waals surface area contributed by atoms with E-state index in [9.17, 15) is 18.0 Å². The van der Waals surface area contributed by atoms with Crippen molar-refractivity contribution in [1.82, 2.24) is 20.0 Å². The Hall–Kier alpha value is -3.47. The van der Waals surface area contributed by atoms with Crippen molar-refractivity contribution in [2.75, 3.05) is 12.4 Å². The number of carbonyl (C=O) groups excluding carboxylic acids is 1. The summed E-state index contributed by atoms with van der Waals surface area (Å²) in [6.45, 7) is 0. The first-order chi connectivity index (χ1) is 13.8. The Bertz CT molecular complexity index is 1200. The predicted molar refractivity (Wildman–Crippen MR) is 100 cm³/mol. The van der Waals surface area contributed by atoms with Gasteiger partial charge in [0.05, 0.1) is 34.8 Å². The number of alkyl halides is 3. The summed E-state index contributed by atoms with van der Waals surface area (Å²) in [6, 6.07) is 10.2. The maximum atomic E-state index is 13.2. The molecule has 0 aliphatic carbocycles. The second-order valence-electron chi connectivity index (χ2n) is 5.87. The summed E-state index contributed by atoms with van der Waals surface area (Å²) in [5, 5.41) is 10.3. The Kier molecular flexibility index (Phi) is 4.66. The molecular formula is C18H12F3N5O2S. The van der Waals surface area contributed by atoms with Crippen molar-refractivity contribution in [2.24, 2.45) is 0 Å². The monoisotopic (exact) mass is 419 g/mol. The van der Waals surface area contributed by atoms with Crippen molar-refractivity contribution < 1.29 is 22.7 Å². The summed E-state index contributed by atoms with van der Waals surface area (Å²) < 4.78 is 46.4. The summed E-state index contributed by atoms with van der Waals surface area (Å²) in [6.07, 6.45) is -3.43. The molecule has 0 fully saturated rings. The number of halogens is 3. The van der Waals surface area contributed by atoms with Crippen LogP contribution in [0.5, 0.6) is 5.75 Å². The van der Waals surface area contributed by atoms with Gasteiger partial charge in [-0.3, -0.25) is 10.1 Å². The minimum Gasteiger partial charge on any atom is -0.497 e. The molecular weight excluding hydrogens is 407 g/mol. The van der Waals surface area contributed by atoms with Crippen LogP contribution >= 0.6 is 11.3 Å². The third kappa shape index (κ3) is 3.76. The number of rotatable bonds is 4. The first kappa shape index (κ1) is 18.9. The number of para-hydroxylation sites is 1. The van der Waals surface area contributed by atoms with E-state index in [1.165, 1.54) is 29.5 Å².